The van der Waals surface area contributed by atoms with Gasteiger partial charge in [-0.2, -0.15) is 0 Å². The summed E-state index contributed by atoms with van der Waals surface area (Å²) >= 11 is 3.07. The van der Waals surface area contributed by atoms with E-state index in [0.29, 0.717) is 0 Å². The molecule has 0 heterocycles. The van der Waals surface area contributed by atoms with Gasteiger partial charge in [0.1, 0.15) is 3.66 Å². The molecule has 0 aliphatic rings. The molecule has 0 aromatic carbocycles. The minimum atomic E-state index is -3.32. The van der Waals surface area contributed by atoms with Gasteiger partial charge in [-0.25, -0.2) is 8.42 Å². The molecular formula is C8H17BrO3S. The lowest BCUT2D eigenvalue weighted by Crippen LogP contribution is -2.47. The van der Waals surface area contributed by atoms with Crippen molar-refractivity contribution in [3.8, 4) is 0 Å². The van der Waals surface area contributed by atoms with Crippen LogP contribution in [0.25, 0.3) is 0 Å². The van der Waals surface area contributed by atoms with E-state index in [1.54, 1.807) is 20.8 Å². The van der Waals surface area contributed by atoms with Crippen LogP contribution in [0.1, 0.15) is 27.7 Å². The zero-order chi connectivity index (χ0) is 11.1. The Kier molecular flexibility index (Phi) is 3.62. The third-order valence-corrected chi connectivity index (χ3v) is 5.90. The zero-order valence-corrected chi connectivity index (χ0v) is 11.0. The highest BCUT2D eigenvalue weighted by Gasteiger charge is 2.45. The second-order valence-electron chi connectivity index (χ2n) is 4.53. The summed E-state index contributed by atoms with van der Waals surface area (Å²) in [6.45, 7) is 6.85. The van der Waals surface area contributed by atoms with Crippen LogP contribution in [0.4, 0.5) is 0 Å². The Labute approximate surface area is 88.6 Å². The first-order chi connectivity index (χ1) is 5.40. The standard InChI is InChI=1S/C8H17BrO3S/c1-7(2,3)6(10)8(4,9)13(5,11)12/h6,10H,1-5H3/t6-,8+/m1/s1. The van der Waals surface area contributed by atoms with Crippen LogP contribution >= 0.6 is 15.9 Å². The summed E-state index contributed by atoms with van der Waals surface area (Å²) in [6.07, 6.45) is 0.159. The van der Waals surface area contributed by atoms with E-state index >= 15 is 0 Å². The van der Waals surface area contributed by atoms with Crippen LogP contribution in [0.3, 0.4) is 0 Å². The Bertz CT molecular complexity index is 274. The van der Waals surface area contributed by atoms with Crippen molar-refractivity contribution in [3.05, 3.63) is 0 Å². The van der Waals surface area contributed by atoms with E-state index in [1.807, 2.05) is 0 Å². The topological polar surface area (TPSA) is 54.4 Å². The zero-order valence-electron chi connectivity index (χ0n) is 8.63. The first-order valence-electron chi connectivity index (χ1n) is 3.97. The first-order valence-corrected chi connectivity index (χ1v) is 6.65. The smallest absolute Gasteiger partial charge is 0.165 e. The lowest BCUT2D eigenvalue weighted by Gasteiger charge is -2.35. The largest absolute Gasteiger partial charge is 0.390 e. The maximum atomic E-state index is 11.3. The number of aliphatic hydroxyl groups is 1. The SMILES string of the molecule is CC(C)(C)[C@@H](O)[C@@](C)(Br)S(C)(=O)=O. The Morgan fingerprint density at radius 1 is 1.23 bits per heavy atom. The fourth-order valence-corrected chi connectivity index (χ4v) is 2.42. The quantitative estimate of drug-likeness (QED) is 0.777. The molecule has 5 heteroatoms. The summed E-state index contributed by atoms with van der Waals surface area (Å²) < 4.78 is 21.4. The van der Waals surface area contributed by atoms with Gasteiger partial charge in [0.15, 0.2) is 9.84 Å². The summed E-state index contributed by atoms with van der Waals surface area (Å²) in [5.41, 5.74) is -0.471. The molecule has 0 aliphatic heterocycles. The normalized spacial score (nSPS) is 20.8. The lowest BCUT2D eigenvalue weighted by atomic mass is 9.87. The van der Waals surface area contributed by atoms with Gasteiger partial charge in [-0.1, -0.05) is 36.7 Å². The van der Waals surface area contributed by atoms with Crippen LogP contribution in [-0.4, -0.2) is 29.5 Å². The molecule has 80 valence electrons. The molecule has 0 radical (unpaired) electrons. The van der Waals surface area contributed by atoms with Crippen LogP contribution < -0.4 is 0 Å². The minimum absolute atomic E-state index is 0.471. The predicted octanol–water partition coefficient (Wildman–Crippen LogP) is 1.55. The van der Waals surface area contributed by atoms with E-state index in [4.69, 9.17) is 0 Å². The van der Waals surface area contributed by atoms with Gasteiger partial charge in [0.25, 0.3) is 0 Å². The first kappa shape index (κ1) is 13.4. The van der Waals surface area contributed by atoms with Crippen molar-refractivity contribution in [2.75, 3.05) is 6.26 Å². The van der Waals surface area contributed by atoms with E-state index in [0.717, 1.165) is 6.26 Å². The molecule has 1 N–H and O–H groups in total. The fraction of sp³-hybridized carbons (Fsp3) is 1.00. The van der Waals surface area contributed by atoms with Crippen molar-refractivity contribution in [1.29, 1.82) is 0 Å². The molecule has 2 atom stereocenters. The summed E-state index contributed by atoms with van der Waals surface area (Å²) in [6, 6.07) is 0. The Hall–Kier alpha value is 0.390. The molecule has 3 nitrogen and oxygen atoms in total. The van der Waals surface area contributed by atoms with E-state index in [1.165, 1.54) is 6.92 Å². The molecule has 0 saturated heterocycles. The number of sulfone groups is 1. The number of hydrogen-bond donors (Lipinski definition) is 1. The third kappa shape index (κ3) is 2.92. The molecule has 0 fully saturated rings. The Balaban J connectivity index is 5.09. The van der Waals surface area contributed by atoms with Crippen molar-refractivity contribution >= 4 is 25.8 Å². The fourth-order valence-electron chi connectivity index (χ4n) is 0.976. The summed E-state index contributed by atoms with van der Waals surface area (Å²) in [7, 11) is -3.32. The average Bonchev–Trinajstić information content (AvgIpc) is 1.81. The van der Waals surface area contributed by atoms with E-state index < -0.39 is 25.0 Å². The average molecular weight is 273 g/mol. The van der Waals surface area contributed by atoms with E-state index in [9.17, 15) is 13.5 Å². The van der Waals surface area contributed by atoms with Gasteiger partial charge >= 0.3 is 0 Å². The minimum Gasteiger partial charge on any atom is -0.390 e. The van der Waals surface area contributed by atoms with Crippen LogP contribution in [0.5, 0.6) is 0 Å². The second-order valence-corrected chi connectivity index (χ2v) is 9.09. The van der Waals surface area contributed by atoms with Crippen molar-refractivity contribution in [1.82, 2.24) is 0 Å². The van der Waals surface area contributed by atoms with Crippen LogP contribution in [-0.2, 0) is 9.84 Å². The summed E-state index contributed by atoms with van der Waals surface area (Å²) in [5.74, 6) is 0. The Morgan fingerprint density at radius 2 is 1.54 bits per heavy atom. The maximum absolute atomic E-state index is 11.3. The van der Waals surface area contributed by atoms with Crippen molar-refractivity contribution < 1.29 is 13.5 Å². The van der Waals surface area contributed by atoms with Crippen LogP contribution in [0.15, 0.2) is 0 Å². The van der Waals surface area contributed by atoms with Crippen LogP contribution in [0.2, 0.25) is 0 Å². The van der Waals surface area contributed by atoms with Crippen LogP contribution in [0, 0.1) is 5.41 Å². The van der Waals surface area contributed by atoms with E-state index in [2.05, 4.69) is 15.9 Å². The van der Waals surface area contributed by atoms with Crippen molar-refractivity contribution in [2.24, 2.45) is 5.41 Å². The Morgan fingerprint density at radius 3 is 1.62 bits per heavy atom. The predicted molar refractivity (Wildman–Crippen MR) is 57.6 cm³/mol. The lowest BCUT2D eigenvalue weighted by molar-refractivity contribution is 0.0562. The molecule has 0 unspecified atom stereocenters. The van der Waals surface area contributed by atoms with Gasteiger partial charge < -0.3 is 5.11 Å². The number of halogens is 1. The van der Waals surface area contributed by atoms with Crippen molar-refractivity contribution in [2.45, 2.75) is 37.5 Å². The van der Waals surface area contributed by atoms with Gasteiger partial charge in [0.05, 0.1) is 6.10 Å². The third-order valence-electron chi connectivity index (χ3n) is 2.03. The molecule has 0 spiro atoms. The molecule has 0 amide bonds. The monoisotopic (exact) mass is 272 g/mol. The van der Waals surface area contributed by atoms with Crippen molar-refractivity contribution in [3.63, 3.8) is 0 Å². The van der Waals surface area contributed by atoms with Gasteiger partial charge in [-0.05, 0) is 12.3 Å². The van der Waals surface area contributed by atoms with E-state index in [-0.39, 0.29) is 0 Å². The molecular weight excluding hydrogens is 256 g/mol. The number of rotatable bonds is 2. The van der Waals surface area contributed by atoms with Gasteiger partial charge in [-0.15, -0.1) is 0 Å². The summed E-state index contributed by atoms with van der Waals surface area (Å²) in [5, 5.41) is 9.82. The second kappa shape index (κ2) is 3.51. The maximum Gasteiger partial charge on any atom is 0.165 e. The van der Waals surface area contributed by atoms with Gasteiger partial charge in [-0.3, -0.25) is 0 Å². The molecule has 0 rings (SSSR count). The number of hydrogen-bond acceptors (Lipinski definition) is 3. The number of aliphatic hydroxyl groups excluding tert-OH is 1. The molecule has 0 aliphatic carbocycles. The number of alkyl halides is 1. The van der Waals surface area contributed by atoms with Gasteiger partial charge in [0.2, 0.25) is 0 Å². The molecule has 13 heavy (non-hydrogen) atoms. The molecule has 0 saturated carbocycles. The highest BCUT2D eigenvalue weighted by molar-refractivity contribution is 9.11. The highest BCUT2D eigenvalue weighted by atomic mass is 79.9. The molecule has 0 aromatic heterocycles. The summed E-state index contributed by atoms with van der Waals surface area (Å²) in [4.78, 5) is 0. The molecule has 0 bridgehead atoms. The van der Waals surface area contributed by atoms with Gasteiger partial charge in [0, 0.05) is 6.26 Å². The molecule has 0 aromatic rings. The highest BCUT2D eigenvalue weighted by Crippen LogP contribution is 2.37.